The number of para-hydroxylation sites is 2. The summed E-state index contributed by atoms with van der Waals surface area (Å²) < 4.78 is 7.60. The van der Waals surface area contributed by atoms with Gasteiger partial charge in [0.25, 0.3) is 5.56 Å². The number of fused-ring (bicyclic) bond motifs is 1. The van der Waals surface area contributed by atoms with Gasteiger partial charge in [-0.2, -0.15) is 0 Å². The number of ether oxygens (including phenoxy) is 1. The van der Waals surface area contributed by atoms with Gasteiger partial charge in [0, 0.05) is 7.05 Å². The van der Waals surface area contributed by atoms with E-state index >= 15 is 0 Å². The van der Waals surface area contributed by atoms with Gasteiger partial charge in [0.2, 0.25) is 0 Å². The summed E-state index contributed by atoms with van der Waals surface area (Å²) in [6, 6.07) is 16.9. The maximum atomic E-state index is 12.1. The molecule has 0 spiro atoms. The van der Waals surface area contributed by atoms with E-state index in [1.54, 1.807) is 6.07 Å². The number of rotatable bonds is 6. The highest BCUT2D eigenvalue weighted by atomic mass is 32.2. The number of nitrogens with one attached hydrogen (secondary N) is 1. The Labute approximate surface area is 159 Å². The van der Waals surface area contributed by atoms with Crippen molar-refractivity contribution in [1.82, 2.24) is 24.7 Å². The molecule has 0 bridgehead atoms. The zero-order chi connectivity index (χ0) is 18.6. The van der Waals surface area contributed by atoms with Crippen LogP contribution in [0, 0.1) is 0 Å². The van der Waals surface area contributed by atoms with Crippen molar-refractivity contribution in [1.29, 1.82) is 0 Å². The van der Waals surface area contributed by atoms with Gasteiger partial charge in [0.05, 0.1) is 16.7 Å². The summed E-state index contributed by atoms with van der Waals surface area (Å²) in [6.45, 7) is 0.332. The van der Waals surface area contributed by atoms with Crippen LogP contribution in [-0.4, -0.2) is 24.7 Å². The Hall–Kier alpha value is -3.13. The number of hydrogen-bond donors (Lipinski definition) is 1. The van der Waals surface area contributed by atoms with Gasteiger partial charge in [0.1, 0.15) is 18.2 Å². The zero-order valence-electron chi connectivity index (χ0n) is 14.6. The molecule has 0 amide bonds. The van der Waals surface area contributed by atoms with E-state index in [4.69, 9.17) is 4.74 Å². The van der Waals surface area contributed by atoms with E-state index in [1.165, 1.54) is 11.8 Å². The Morgan fingerprint density at radius 2 is 1.85 bits per heavy atom. The maximum Gasteiger partial charge on any atom is 0.258 e. The third-order valence-corrected chi connectivity index (χ3v) is 5.07. The highest BCUT2D eigenvalue weighted by Gasteiger charge is 2.11. The van der Waals surface area contributed by atoms with Gasteiger partial charge in [0.15, 0.2) is 11.0 Å². The maximum absolute atomic E-state index is 12.1. The fourth-order valence-electron chi connectivity index (χ4n) is 2.60. The number of benzene rings is 2. The monoisotopic (exact) mass is 379 g/mol. The van der Waals surface area contributed by atoms with Gasteiger partial charge < -0.3 is 14.3 Å². The normalized spacial score (nSPS) is 11.0. The van der Waals surface area contributed by atoms with E-state index in [2.05, 4.69) is 20.2 Å². The molecular formula is C19H17N5O2S. The molecule has 0 aliphatic carbocycles. The first-order valence-corrected chi connectivity index (χ1v) is 9.36. The van der Waals surface area contributed by atoms with Crippen LogP contribution in [0.1, 0.15) is 11.6 Å². The van der Waals surface area contributed by atoms with E-state index in [-0.39, 0.29) is 5.56 Å². The number of nitrogens with zero attached hydrogens (tertiary/aromatic N) is 4. The van der Waals surface area contributed by atoms with Crippen LogP contribution >= 0.6 is 11.8 Å². The van der Waals surface area contributed by atoms with Crippen LogP contribution in [0.5, 0.6) is 5.75 Å². The van der Waals surface area contributed by atoms with E-state index < -0.39 is 0 Å². The molecule has 136 valence electrons. The number of hydrogen-bond acceptors (Lipinski definition) is 6. The third-order valence-electron chi connectivity index (χ3n) is 4.04. The fraction of sp³-hybridized carbons (Fsp3) is 0.158. The van der Waals surface area contributed by atoms with Crippen LogP contribution < -0.4 is 10.3 Å². The second-order valence-corrected chi connectivity index (χ2v) is 6.82. The first-order chi connectivity index (χ1) is 13.2. The van der Waals surface area contributed by atoms with Crippen molar-refractivity contribution in [2.24, 2.45) is 7.05 Å². The summed E-state index contributed by atoms with van der Waals surface area (Å²) in [6.07, 6.45) is 0. The first-order valence-electron chi connectivity index (χ1n) is 8.37. The molecule has 0 unspecified atom stereocenters. The van der Waals surface area contributed by atoms with Crippen LogP contribution in [0.4, 0.5) is 0 Å². The molecule has 0 aliphatic heterocycles. The predicted molar refractivity (Wildman–Crippen MR) is 104 cm³/mol. The lowest BCUT2D eigenvalue weighted by Crippen LogP contribution is -2.11. The fourth-order valence-corrected chi connectivity index (χ4v) is 3.40. The molecule has 1 N–H and O–H groups in total. The molecule has 2 aromatic carbocycles. The summed E-state index contributed by atoms with van der Waals surface area (Å²) >= 11 is 1.46. The number of aromatic nitrogens is 5. The van der Waals surface area contributed by atoms with Crippen LogP contribution in [0.2, 0.25) is 0 Å². The summed E-state index contributed by atoms with van der Waals surface area (Å²) in [5.74, 6) is 2.61. The summed E-state index contributed by atoms with van der Waals surface area (Å²) in [4.78, 5) is 19.5. The lowest BCUT2D eigenvalue weighted by molar-refractivity contribution is 0.290. The van der Waals surface area contributed by atoms with E-state index in [1.807, 2.05) is 60.1 Å². The van der Waals surface area contributed by atoms with Crippen LogP contribution in [0.15, 0.2) is 64.5 Å². The zero-order valence-corrected chi connectivity index (χ0v) is 15.4. The van der Waals surface area contributed by atoms with E-state index in [0.717, 1.165) is 16.7 Å². The molecule has 2 aromatic heterocycles. The molecule has 27 heavy (non-hydrogen) atoms. The van der Waals surface area contributed by atoms with Gasteiger partial charge in [-0.05, 0) is 24.3 Å². The third kappa shape index (κ3) is 3.85. The summed E-state index contributed by atoms with van der Waals surface area (Å²) in [5, 5.41) is 9.71. The van der Waals surface area contributed by atoms with Gasteiger partial charge in [-0.15, -0.1) is 10.2 Å². The van der Waals surface area contributed by atoms with Gasteiger partial charge in [-0.25, -0.2) is 4.98 Å². The SMILES string of the molecule is Cn1c(COc2ccccc2)nnc1SCc1nc2ccccc2c(=O)[nH]1. The molecule has 7 nitrogen and oxygen atoms in total. The molecule has 8 heteroatoms. The van der Waals surface area contributed by atoms with Crippen molar-refractivity contribution in [3.05, 3.63) is 76.6 Å². The molecule has 0 aliphatic rings. The average molecular weight is 379 g/mol. The largest absolute Gasteiger partial charge is 0.486 e. The van der Waals surface area contributed by atoms with Crippen molar-refractivity contribution < 1.29 is 4.74 Å². The average Bonchev–Trinajstić information content (AvgIpc) is 3.05. The number of H-pyrrole nitrogens is 1. The minimum atomic E-state index is -0.133. The van der Waals surface area contributed by atoms with Gasteiger partial charge in [-0.1, -0.05) is 42.1 Å². The van der Waals surface area contributed by atoms with Crippen LogP contribution in [0.25, 0.3) is 10.9 Å². The van der Waals surface area contributed by atoms with E-state index in [9.17, 15) is 4.79 Å². The molecular weight excluding hydrogens is 362 g/mol. The second kappa shape index (κ2) is 7.63. The second-order valence-electron chi connectivity index (χ2n) is 5.88. The van der Waals surface area contributed by atoms with E-state index in [0.29, 0.717) is 29.1 Å². The van der Waals surface area contributed by atoms with Crippen molar-refractivity contribution >= 4 is 22.7 Å². The van der Waals surface area contributed by atoms with Crippen LogP contribution in [-0.2, 0) is 19.4 Å². The van der Waals surface area contributed by atoms with Gasteiger partial charge >= 0.3 is 0 Å². The molecule has 0 fully saturated rings. The van der Waals surface area contributed by atoms with Gasteiger partial charge in [-0.3, -0.25) is 4.79 Å². The molecule has 0 saturated heterocycles. The smallest absolute Gasteiger partial charge is 0.258 e. The molecule has 2 heterocycles. The summed E-state index contributed by atoms with van der Waals surface area (Å²) in [7, 11) is 1.89. The first kappa shape index (κ1) is 17.3. The molecule has 4 rings (SSSR count). The molecule has 0 saturated carbocycles. The van der Waals surface area contributed by atoms with Crippen molar-refractivity contribution in [2.75, 3.05) is 0 Å². The van der Waals surface area contributed by atoms with Crippen LogP contribution in [0.3, 0.4) is 0 Å². The molecule has 0 radical (unpaired) electrons. The topological polar surface area (TPSA) is 85.7 Å². The Morgan fingerprint density at radius 1 is 1.07 bits per heavy atom. The highest BCUT2D eigenvalue weighted by Crippen LogP contribution is 2.20. The minimum Gasteiger partial charge on any atom is -0.486 e. The number of aromatic amines is 1. The standard InChI is InChI=1S/C19H17N5O2S/c1-24-17(11-26-13-7-3-2-4-8-13)22-23-19(24)27-12-16-20-15-10-6-5-9-14(15)18(25)21-16/h2-10H,11-12H2,1H3,(H,20,21,25). The highest BCUT2D eigenvalue weighted by molar-refractivity contribution is 7.98. The summed E-state index contributed by atoms with van der Waals surface area (Å²) in [5.41, 5.74) is 0.554. The molecule has 4 aromatic rings. The Balaban J connectivity index is 1.44. The lowest BCUT2D eigenvalue weighted by Gasteiger charge is -2.06. The number of thioether (sulfide) groups is 1. The lowest BCUT2D eigenvalue weighted by atomic mass is 10.2. The Morgan fingerprint density at radius 3 is 2.70 bits per heavy atom. The predicted octanol–water partition coefficient (Wildman–Crippen LogP) is 2.92. The van der Waals surface area contributed by atoms with Crippen molar-refractivity contribution in [3.63, 3.8) is 0 Å². The Bertz CT molecular complexity index is 1120. The molecule has 0 atom stereocenters. The Kier molecular flexibility index (Phi) is 4.88. The minimum absolute atomic E-state index is 0.133. The van der Waals surface area contributed by atoms with Crippen molar-refractivity contribution in [2.45, 2.75) is 17.5 Å². The van der Waals surface area contributed by atoms with Crippen molar-refractivity contribution in [3.8, 4) is 5.75 Å². The quantitative estimate of drug-likeness (QED) is 0.519.